The number of aryl methyl sites for hydroxylation is 1. The van der Waals surface area contributed by atoms with Crippen LogP contribution in [-0.2, 0) is 20.9 Å². The van der Waals surface area contributed by atoms with Gasteiger partial charge in [0.15, 0.2) is 0 Å². The van der Waals surface area contributed by atoms with Crippen molar-refractivity contribution in [3.63, 3.8) is 0 Å². The van der Waals surface area contributed by atoms with E-state index in [9.17, 15) is 14.3 Å². The molecule has 0 radical (unpaired) electrons. The first-order valence-electron chi connectivity index (χ1n) is 9.84. The molecule has 2 heterocycles. The van der Waals surface area contributed by atoms with Crippen molar-refractivity contribution < 1.29 is 23.8 Å². The molecule has 0 saturated carbocycles. The third-order valence-corrected chi connectivity index (χ3v) is 5.41. The number of hydrogen-bond donors (Lipinski definition) is 1. The highest BCUT2D eigenvalue weighted by atomic mass is 19.1. The highest BCUT2D eigenvalue weighted by Gasteiger charge is 2.40. The highest BCUT2D eigenvalue weighted by molar-refractivity contribution is 5.71. The fourth-order valence-corrected chi connectivity index (χ4v) is 3.85. The predicted molar refractivity (Wildman–Crippen MR) is 108 cm³/mol. The van der Waals surface area contributed by atoms with Crippen molar-refractivity contribution >= 4 is 5.97 Å². The van der Waals surface area contributed by atoms with E-state index in [2.05, 4.69) is 4.98 Å². The van der Waals surface area contributed by atoms with Gasteiger partial charge < -0.3 is 19.1 Å². The Hall–Kier alpha value is -3.03. The zero-order chi connectivity index (χ0) is 21.1. The lowest BCUT2D eigenvalue weighted by molar-refractivity contribution is -0.173. The minimum absolute atomic E-state index is 0.0846. The Balaban J connectivity index is 1.54. The molecule has 0 spiro atoms. The van der Waals surface area contributed by atoms with Gasteiger partial charge in [0, 0.05) is 19.0 Å². The molecule has 1 saturated heterocycles. The highest BCUT2D eigenvalue weighted by Crippen LogP contribution is 2.35. The van der Waals surface area contributed by atoms with Gasteiger partial charge in [-0.05, 0) is 36.6 Å². The maximum absolute atomic E-state index is 14.7. The molecule has 0 aliphatic carbocycles. The average molecular weight is 410 g/mol. The molecule has 7 heteroatoms. The van der Waals surface area contributed by atoms with Crippen LogP contribution in [0.1, 0.15) is 29.5 Å². The van der Waals surface area contributed by atoms with Crippen molar-refractivity contribution in [2.24, 2.45) is 5.92 Å². The summed E-state index contributed by atoms with van der Waals surface area (Å²) in [5.74, 6) is -1.32. The van der Waals surface area contributed by atoms with Crippen molar-refractivity contribution in [1.29, 1.82) is 0 Å². The van der Waals surface area contributed by atoms with E-state index in [0.29, 0.717) is 30.1 Å². The van der Waals surface area contributed by atoms with Gasteiger partial charge >= 0.3 is 5.97 Å². The second-order valence-corrected chi connectivity index (χ2v) is 7.34. The lowest BCUT2D eigenvalue weighted by atomic mass is 9.88. The number of imidazole rings is 1. The Bertz CT molecular complexity index is 1020. The number of carbonyl (C=O) groups is 1. The second-order valence-electron chi connectivity index (χ2n) is 7.34. The molecular formula is C23H23FN2O4. The van der Waals surface area contributed by atoms with Gasteiger partial charge in [0.2, 0.25) is 0 Å². The van der Waals surface area contributed by atoms with Gasteiger partial charge in [-0.25, -0.2) is 9.37 Å². The van der Waals surface area contributed by atoms with E-state index in [1.165, 1.54) is 6.07 Å². The summed E-state index contributed by atoms with van der Waals surface area (Å²) in [6, 6.07) is 14.3. The van der Waals surface area contributed by atoms with Crippen LogP contribution < -0.4 is 0 Å². The molecule has 3 atom stereocenters. The van der Waals surface area contributed by atoms with Crippen LogP contribution in [0.5, 0.6) is 0 Å². The Morgan fingerprint density at radius 3 is 2.77 bits per heavy atom. The van der Waals surface area contributed by atoms with Crippen LogP contribution >= 0.6 is 0 Å². The third kappa shape index (κ3) is 4.13. The molecule has 3 unspecified atom stereocenters. The number of halogens is 1. The molecule has 0 amide bonds. The summed E-state index contributed by atoms with van der Waals surface area (Å²) in [5.41, 5.74) is 1.89. The maximum atomic E-state index is 14.7. The predicted octanol–water partition coefficient (Wildman–Crippen LogP) is 4.07. The standard InChI is InChI=1S/C23H23FN2O4/c1-15-25-10-11-26(15)20-8-7-16(13-19(20)24)14-30-22-18(23(27)28)9-12-29-21(22)17-5-3-2-4-6-17/h2-8,10-11,13,18,21-22H,9,12,14H2,1H3,(H,27,28). The molecule has 156 valence electrons. The minimum atomic E-state index is -0.915. The number of ether oxygens (including phenoxy) is 2. The number of nitrogens with zero attached hydrogens (tertiary/aromatic N) is 2. The molecule has 0 bridgehead atoms. The summed E-state index contributed by atoms with van der Waals surface area (Å²) in [7, 11) is 0. The molecule has 1 aliphatic rings. The number of aromatic nitrogens is 2. The average Bonchev–Trinajstić information content (AvgIpc) is 3.18. The van der Waals surface area contributed by atoms with Crippen LogP contribution in [0.3, 0.4) is 0 Å². The van der Waals surface area contributed by atoms with E-state index in [1.54, 1.807) is 36.0 Å². The largest absolute Gasteiger partial charge is 0.481 e. The first-order valence-corrected chi connectivity index (χ1v) is 9.84. The van der Waals surface area contributed by atoms with E-state index in [-0.39, 0.29) is 6.61 Å². The Labute approximate surface area is 173 Å². The molecule has 1 N–H and O–H groups in total. The van der Waals surface area contributed by atoms with Gasteiger partial charge in [-0.15, -0.1) is 0 Å². The van der Waals surface area contributed by atoms with E-state index >= 15 is 0 Å². The number of carboxylic acid groups (broad SMARTS) is 1. The lowest BCUT2D eigenvalue weighted by Crippen LogP contribution is -2.41. The molecule has 3 aromatic rings. The van der Waals surface area contributed by atoms with Crippen molar-refractivity contribution in [2.45, 2.75) is 32.2 Å². The van der Waals surface area contributed by atoms with Crippen molar-refractivity contribution in [1.82, 2.24) is 9.55 Å². The quantitative estimate of drug-likeness (QED) is 0.663. The van der Waals surface area contributed by atoms with Gasteiger partial charge in [-0.3, -0.25) is 4.79 Å². The SMILES string of the molecule is Cc1nccn1-c1ccc(COC2C(C(=O)O)CCOC2c2ccccc2)cc1F. The molecule has 6 nitrogen and oxygen atoms in total. The molecule has 30 heavy (non-hydrogen) atoms. The van der Waals surface area contributed by atoms with Crippen LogP contribution in [0.25, 0.3) is 5.69 Å². The first-order chi connectivity index (χ1) is 14.5. The molecular weight excluding hydrogens is 387 g/mol. The molecule has 1 fully saturated rings. The monoisotopic (exact) mass is 410 g/mol. The molecule has 1 aliphatic heterocycles. The van der Waals surface area contributed by atoms with E-state index < -0.39 is 29.9 Å². The number of carboxylic acids is 1. The number of hydrogen-bond acceptors (Lipinski definition) is 4. The second kappa shape index (κ2) is 8.77. The van der Waals surface area contributed by atoms with E-state index in [1.807, 2.05) is 30.3 Å². The Morgan fingerprint density at radius 2 is 2.10 bits per heavy atom. The summed E-state index contributed by atoms with van der Waals surface area (Å²) in [4.78, 5) is 15.9. The third-order valence-electron chi connectivity index (χ3n) is 5.41. The van der Waals surface area contributed by atoms with Gasteiger partial charge in [-0.1, -0.05) is 36.4 Å². The van der Waals surface area contributed by atoms with Gasteiger partial charge in [0.05, 0.1) is 18.2 Å². The summed E-state index contributed by atoms with van der Waals surface area (Å²) in [6.45, 7) is 2.24. The summed E-state index contributed by atoms with van der Waals surface area (Å²) in [5, 5.41) is 9.68. The molecule has 1 aromatic heterocycles. The van der Waals surface area contributed by atoms with Crippen molar-refractivity contribution in [3.8, 4) is 5.69 Å². The van der Waals surface area contributed by atoms with Crippen LogP contribution in [0.4, 0.5) is 4.39 Å². The van der Waals surface area contributed by atoms with Gasteiger partial charge in [-0.2, -0.15) is 0 Å². The fraction of sp³-hybridized carbons (Fsp3) is 0.304. The normalized spacial score (nSPS) is 21.5. The van der Waals surface area contributed by atoms with E-state index in [4.69, 9.17) is 9.47 Å². The first kappa shape index (κ1) is 20.3. The zero-order valence-electron chi connectivity index (χ0n) is 16.6. The minimum Gasteiger partial charge on any atom is -0.481 e. The van der Waals surface area contributed by atoms with E-state index in [0.717, 1.165) is 5.56 Å². The molecule has 2 aromatic carbocycles. The van der Waals surface area contributed by atoms with Crippen LogP contribution in [0, 0.1) is 18.7 Å². The zero-order valence-corrected chi connectivity index (χ0v) is 16.6. The lowest BCUT2D eigenvalue weighted by Gasteiger charge is -2.36. The number of benzene rings is 2. The molecule has 4 rings (SSSR count). The van der Waals surface area contributed by atoms with Crippen LogP contribution in [0.15, 0.2) is 60.9 Å². The van der Waals surface area contributed by atoms with Gasteiger partial charge in [0.25, 0.3) is 0 Å². The fourth-order valence-electron chi connectivity index (χ4n) is 3.85. The Morgan fingerprint density at radius 1 is 1.30 bits per heavy atom. The number of rotatable bonds is 6. The summed E-state index contributed by atoms with van der Waals surface area (Å²) < 4.78 is 28.3. The van der Waals surface area contributed by atoms with Crippen molar-refractivity contribution in [2.75, 3.05) is 6.61 Å². The maximum Gasteiger partial charge on any atom is 0.309 e. The summed E-state index contributed by atoms with van der Waals surface area (Å²) >= 11 is 0. The smallest absolute Gasteiger partial charge is 0.309 e. The van der Waals surface area contributed by atoms with Crippen molar-refractivity contribution in [3.05, 3.63) is 83.7 Å². The number of aliphatic carboxylic acids is 1. The van der Waals surface area contributed by atoms with Crippen LogP contribution in [0.2, 0.25) is 0 Å². The summed E-state index contributed by atoms with van der Waals surface area (Å²) in [6.07, 6.45) is 2.53. The van der Waals surface area contributed by atoms with Gasteiger partial charge in [0.1, 0.15) is 23.8 Å². The topological polar surface area (TPSA) is 73.6 Å². The Kier molecular flexibility index (Phi) is 5.92. The van der Waals surface area contributed by atoms with Crippen LogP contribution in [-0.4, -0.2) is 33.3 Å².